The number of halogens is 4. The lowest BCUT2D eigenvalue weighted by molar-refractivity contribution is -0.192. The predicted octanol–water partition coefficient (Wildman–Crippen LogP) is 3.74. The lowest BCUT2D eigenvalue weighted by Gasteiger charge is -2.01. The molecule has 122 valence electrons. The number of carbonyl (C=O) groups excluding carboxylic acids is 1. The third-order valence-electron chi connectivity index (χ3n) is 2.36. The molecule has 0 saturated heterocycles. The zero-order valence-electron chi connectivity index (χ0n) is 11.6. The number of aromatic nitrogens is 2. The normalized spacial score (nSPS) is 10.5. The van der Waals surface area contributed by atoms with Crippen LogP contribution in [0.1, 0.15) is 17.4 Å². The van der Waals surface area contributed by atoms with E-state index in [0.29, 0.717) is 11.5 Å². The van der Waals surface area contributed by atoms with E-state index in [4.69, 9.17) is 9.90 Å². The summed E-state index contributed by atoms with van der Waals surface area (Å²) in [6.45, 7) is 1.49. The maximum atomic E-state index is 11.2. The van der Waals surface area contributed by atoms with E-state index in [9.17, 15) is 18.0 Å². The zero-order valence-corrected chi connectivity index (χ0v) is 13.2. The molecular weight excluding hydrogens is 381 g/mol. The van der Waals surface area contributed by atoms with Gasteiger partial charge in [0.05, 0.1) is 0 Å². The summed E-state index contributed by atoms with van der Waals surface area (Å²) in [6, 6.07) is 9.26. The highest BCUT2D eigenvalue weighted by atomic mass is 79.9. The minimum absolute atomic E-state index is 0.0549. The van der Waals surface area contributed by atoms with Gasteiger partial charge in [-0.05, 0) is 18.2 Å². The first-order chi connectivity index (χ1) is 10.6. The Morgan fingerprint density at radius 1 is 1.13 bits per heavy atom. The van der Waals surface area contributed by atoms with Gasteiger partial charge >= 0.3 is 12.1 Å². The summed E-state index contributed by atoms with van der Waals surface area (Å²) in [5.41, 5.74) is 1.33. The van der Waals surface area contributed by atoms with E-state index in [2.05, 4.69) is 25.9 Å². The highest BCUT2D eigenvalue weighted by Gasteiger charge is 2.38. The number of hydrogen-bond donors (Lipinski definition) is 1. The molecular formula is C14H10BrF3N2O3. The first-order valence-corrected chi connectivity index (χ1v) is 6.80. The molecule has 5 nitrogen and oxygen atoms in total. The number of ketones is 1. The number of hydrogen-bond acceptors (Lipinski definition) is 4. The molecule has 9 heteroatoms. The van der Waals surface area contributed by atoms with Gasteiger partial charge in [-0.3, -0.25) is 4.79 Å². The average Bonchev–Trinajstić information content (AvgIpc) is 2.47. The molecule has 2 rings (SSSR count). The second-order valence-corrected chi connectivity index (χ2v) is 5.05. The van der Waals surface area contributed by atoms with Crippen LogP contribution in [0.5, 0.6) is 0 Å². The van der Waals surface area contributed by atoms with E-state index in [1.807, 2.05) is 24.3 Å². The highest BCUT2D eigenvalue weighted by Crippen LogP contribution is 2.18. The number of aliphatic carboxylic acids is 1. The summed E-state index contributed by atoms with van der Waals surface area (Å²) < 4.78 is 32.7. The van der Waals surface area contributed by atoms with Crippen LogP contribution in [0.15, 0.2) is 41.0 Å². The molecule has 0 radical (unpaired) electrons. The maximum Gasteiger partial charge on any atom is 0.490 e. The van der Waals surface area contributed by atoms with Crippen molar-refractivity contribution in [1.82, 2.24) is 9.97 Å². The molecule has 23 heavy (non-hydrogen) atoms. The molecule has 1 heterocycles. The predicted molar refractivity (Wildman–Crippen MR) is 78.9 cm³/mol. The van der Waals surface area contributed by atoms with Crippen molar-refractivity contribution in [3.8, 4) is 11.4 Å². The summed E-state index contributed by atoms with van der Waals surface area (Å²) >= 11 is 3.36. The Hall–Kier alpha value is -2.29. The van der Waals surface area contributed by atoms with E-state index >= 15 is 0 Å². The van der Waals surface area contributed by atoms with Crippen molar-refractivity contribution in [1.29, 1.82) is 0 Å². The molecule has 0 aliphatic heterocycles. The number of carbonyl (C=O) groups is 2. The number of Topliss-reactive ketones (excluding diaryl/α,β-unsaturated/α-hetero) is 1. The van der Waals surface area contributed by atoms with E-state index in [1.165, 1.54) is 6.92 Å². The Kier molecular flexibility index (Phi) is 6.38. The quantitative estimate of drug-likeness (QED) is 0.789. The first-order valence-electron chi connectivity index (χ1n) is 6.01. The Balaban J connectivity index is 0.000000322. The van der Waals surface area contributed by atoms with Crippen LogP contribution in [0, 0.1) is 0 Å². The molecule has 0 aliphatic carbocycles. The van der Waals surface area contributed by atoms with Crippen LogP contribution in [-0.2, 0) is 4.79 Å². The molecule has 0 unspecified atom stereocenters. The second-order valence-electron chi connectivity index (χ2n) is 4.13. The standard InChI is InChI=1S/C12H9BrN2O.C2HF3O2/c1-8(16)11-6-7-14-12(15-11)9-2-4-10(13)5-3-9;3-2(4,5)1(6)7/h2-7H,1H3;(H,6,7). The molecule has 0 aliphatic rings. The second kappa shape index (κ2) is 7.82. The summed E-state index contributed by atoms with van der Waals surface area (Å²) in [5.74, 6) is -2.24. The molecule has 0 spiro atoms. The Morgan fingerprint density at radius 3 is 2.09 bits per heavy atom. The lowest BCUT2D eigenvalue weighted by atomic mass is 10.2. The fourth-order valence-electron chi connectivity index (χ4n) is 1.29. The van der Waals surface area contributed by atoms with Gasteiger partial charge < -0.3 is 5.11 Å². The number of carboxylic acid groups (broad SMARTS) is 1. The first kappa shape index (κ1) is 18.8. The van der Waals surface area contributed by atoms with Crippen LogP contribution in [0.2, 0.25) is 0 Å². The maximum absolute atomic E-state index is 11.2. The summed E-state index contributed by atoms with van der Waals surface area (Å²) in [6.07, 6.45) is -3.49. The smallest absolute Gasteiger partial charge is 0.475 e. The van der Waals surface area contributed by atoms with Crippen molar-refractivity contribution in [2.45, 2.75) is 13.1 Å². The highest BCUT2D eigenvalue weighted by molar-refractivity contribution is 9.10. The fourth-order valence-corrected chi connectivity index (χ4v) is 1.56. The summed E-state index contributed by atoms with van der Waals surface area (Å²) in [5, 5.41) is 7.12. The van der Waals surface area contributed by atoms with Crippen molar-refractivity contribution in [3.05, 3.63) is 46.7 Å². The minimum Gasteiger partial charge on any atom is -0.475 e. The van der Waals surface area contributed by atoms with Gasteiger partial charge in [0.15, 0.2) is 11.6 Å². The summed E-state index contributed by atoms with van der Waals surface area (Å²) in [4.78, 5) is 28.4. The van der Waals surface area contributed by atoms with Crippen LogP contribution in [0.25, 0.3) is 11.4 Å². The Bertz CT molecular complexity index is 703. The molecule has 1 N–H and O–H groups in total. The van der Waals surface area contributed by atoms with Crippen molar-refractivity contribution >= 4 is 27.7 Å². The van der Waals surface area contributed by atoms with Gasteiger partial charge in [-0.15, -0.1) is 0 Å². The van der Waals surface area contributed by atoms with Gasteiger partial charge in [0.2, 0.25) is 0 Å². The van der Waals surface area contributed by atoms with Crippen LogP contribution < -0.4 is 0 Å². The molecule has 0 atom stereocenters. The molecule has 2 aromatic rings. The molecule has 1 aromatic heterocycles. The largest absolute Gasteiger partial charge is 0.490 e. The zero-order chi connectivity index (χ0) is 17.6. The Morgan fingerprint density at radius 2 is 1.65 bits per heavy atom. The van der Waals surface area contributed by atoms with Crippen LogP contribution in [0.4, 0.5) is 13.2 Å². The number of alkyl halides is 3. The van der Waals surface area contributed by atoms with Gasteiger partial charge in [0.25, 0.3) is 0 Å². The van der Waals surface area contributed by atoms with Gasteiger partial charge in [0, 0.05) is 23.2 Å². The van der Waals surface area contributed by atoms with Gasteiger partial charge in [-0.2, -0.15) is 13.2 Å². The van der Waals surface area contributed by atoms with Crippen LogP contribution in [-0.4, -0.2) is 33.0 Å². The fraction of sp³-hybridized carbons (Fsp3) is 0.143. The van der Waals surface area contributed by atoms with Crippen LogP contribution in [0.3, 0.4) is 0 Å². The Labute approximate surface area is 137 Å². The van der Waals surface area contributed by atoms with Crippen molar-refractivity contribution in [2.75, 3.05) is 0 Å². The lowest BCUT2D eigenvalue weighted by Crippen LogP contribution is -2.21. The SMILES string of the molecule is CC(=O)c1ccnc(-c2ccc(Br)cc2)n1.O=C(O)C(F)(F)F. The van der Waals surface area contributed by atoms with Gasteiger partial charge in [0.1, 0.15) is 5.69 Å². The van der Waals surface area contributed by atoms with Crippen molar-refractivity contribution < 1.29 is 27.9 Å². The van der Waals surface area contributed by atoms with Crippen molar-refractivity contribution in [3.63, 3.8) is 0 Å². The topological polar surface area (TPSA) is 80.2 Å². The minimum atomic E-state index is -5.08. The third-order valence-corrected chi connectivity index (χ3v) is 2.89. The molecule has 1 aromatic carbocycles. The molecule has 0 saturated carbocycles. The van der Waals surface area contributed by atoms with Gasteiger partial charge in [-0.1, -0.05) is 28.1 Å². The number of carboxylic acids is 1. The van der Waals surface area contributed by atoms with Crippen LogP contribution >= 0.6 is 15.9 Å². The number of nitrogens with zero attached hydrogens (tertiary/aromatic N) is 2. The van der Waals surface area contributed by atoms with E-state index in [1.54, 1.807) is 12.3 Å². The van der Waals surface area contributed by atoms with Crippen molar-refractivity contribution in [2.24, 2.45) is 0 Å². The third kappa shape index (κ3) is 6.15. The molecule has 0 fully saturated rings. The van der Waals surface area contributed by atoms with Gasteiger partial charge in [-0.25, -0.2) is 14.8 Å². The van der Waals surface area contributed by atoms with E-state index in [0.717, 1.165) is 10.0 Å². The molecule has 0 amide bonds. The van der Waals surface area contributed by atoms with E-state index < -0.39 is 12.1 Å². The average molecular weight is 391 g/mol. The number of benzene rings is 1. The monoisotopic (exact) mass is 390 g/mol. The summed E-state index contributed by atoms with van der Waals surface area (Å²) in [7, 11) is 0. The number of rotatable bonds is 2. The van der Waals surface area contributed by atoms with E-state index in [-0.39, 0.29) is 5.78 Å². The molecule has 0 bridgehead atoms.